The van der Waals surface area contributed by atoms with E-state index in [2.05, 4.69) is 0 Å². The molecular weight excluding hydrogens is 360 g/mol. The summed E-state index contributed by atoms with van der Waals surface area (Å²) >= 11 is 0. The van der Waals surface area contributed by atoms with Gasteiger partial charge in [-0.25, -0.2) is 0 Å². The van der Waals surface area contributed by atoms with Gasteiger partial charge in [0.05, 0.1) is 6.61 Å². The Labute approximate surface area is 148 Å². The third kappa shape index (κ3) is 3.99. The molecule has 0 unspecified atom stereocenters. The average Bonchev–Trinajstić information content (AvgIpc) is 2.86. The van der Waals surface area contributed by atoms with E-state index in [1.54, 1.807) is 0 Å². The smallest absolute Gasteiger partial charge is 0.302 e. The van der Waals surface area contributed by atoms with Gasteiger partial charge < -0.3 is 54.7 Å². The second-order valence-electron chi connectivity index (χ2n) is 6.18. The van der Waals surface area contributed by atoms with E-state index in [1.807, 2.05) is 0 Å². The molecule has 2 fully saturated rings. The molecule has 2 aliphatic heterocycles. The number of hydrogen-bond donors (Lipinski definition) is 7. The van der Waals surface area contributed by atoms with Gasteiger partial charge in [0.25, 0.3) is 0 Å². The van der Waals surface area contributed by atoms with Crippen molar-refractivity contribution in [2.75, 3.05) is 19.8 Å². The molecule has 9 atom stereocenters. The molecule has 0 aromatic heterocycles. The van der Waals surface area contributed by atoms with E-state index < -0.39 is 80.6 Å². The Kier molecular flexibility index (Phi) is 6.90. The minimum atomic E-state index is -2.26. The van der Waals surface area contributed by atoms with E-state index in [1.165, 1.54) is 0 Å². The number of carbonyl (C=O) groups excluding carboxylic acids is 1. The molecule has 26 heavy (non-hydrogen) atoms. The van der Waals surface area contributed by atoms with E-state index in [4.69, 9.17) is 24.1 Å². The first-order valence-corrected chi connectivity index (χ1v) is 7.93. The van der Waals surface area contributed by atoms with Crippen LogP contribution in [0.4, 0.5) is 0 Å². The molecule has 12 heteroatoms. The Bertz CT molecular complexity index is 489. The molecule has 0 amide bonds. The Hall–Kier alpha value is -0.930. The predicted molar refractivity (Wildman–Crippen MR) is 78.2 cm³/mol. The van der Waals surface area contributed by atoms with Crippen molar-refractivity contribution < 1.29 is 59.5 Å². The summed E-state index contributed by atoms with van der Waals surface area (Å²) in [6.07, 6.45) is -12.9. The summed E-state index contributed by atoms with van der Waals surface area (Å²) in [6, 6.07) is 0. The number of carbonyl (C=O) groups is 1. The van der Waals surface area contributed by atoms with E-state index in [-0.39, 0.29) is 0 Å². The summed E-state index contributed by atoms with van der Waals surface area (Å²) in [5.41, 5.74) is 0. The molecule has 2 rings (SSSR count). The molecule has 0 spiro atoms. The zero-order valence-electron chi connectivity index (χ0n) is 13.9. The summed E-state index contributed by atoms with van der Waals surface area (Å²) in [4.78, 5) is 10.9. The van der Waals surface area contributed by atoms with Crippen LogP contribution < -0.4 is 0 Å². The van der Waals surface area contributed by atoms with Gasteiger partial charge in [0.15, 0.2) is 6.29 Å². The van der Waals surface area contributed by atoms with E-state index in [0.29, 0.717) is 0 Å². The molecular formula is C14H24O12. The maximum Gasteiger partial charge on any atom is 0.302 e. The van der Waals surface area contributed by atoms with Crippen LogP contribution in [0.1, 0.15) is 6.92 Å². The van der Waals surface area contributed by atoms with Crippen LogP contribution in [0.3, 0.4) is 0 Å². The molecule has 152 valence electrons. The summed E-state index contributed by atoms with van der Waals surface area (Å²) in [5.74, 6) is -2.93. The first-order valence-electron chi connectivity index (χ1n) is 7.93. The highest BCUT2D eigenvalue weighted by Crippen LogP contribution is 2.35. The molecule has 2 saturated heterocycles. The zero-order valence-corrected chi connectivity index (χ0v) is 13.9. The van der Waals surface area contributed by atoms with Gasteiger partial charge in [-0.2, -0.15) is 0 Å². The Morgan fingerprint density at radius 1 is 1.00 bits per heavy atom. The van der Waals surface area contributed by atoms with Crippen molar-refractivity contribution in [2.24, 2.45) is 0 Å². The molecule has 7 N–H and O–H groups in total. The lowest BCUT2D eigenvalue weighted by molar-refractivity contribution is -0.383. The van der Waals surface area contributed by atoms with Crippen molar-refractivity contribution in [1.82, 2.24) is 0 Å². The monoisotopic (exact) mass is 384 g/mol. The molecule has 2 aliphatic rings. The van der Waals surface area contributed by atoms with Gasteiger partial charge in [-0.05, 0) is 0 Å². The van der Waals surface area contributed by atoms with E-state index >= 15 is 0 Å². The molecule has 0 bridgehead atoms. The van der Waals surface area contributed by atoms with Crippen molar-refractivity contribution in [3.8, 4) is 0 Å². The van der Waals surface area contributed by atoms with Crippen molar-refractivity contribution in [3.63, 3.8) is 0 Å². The second kappa shape index (κ2) is 8.39. The van der Waals surface area contributed by atoms with Crippen LogP contribution in [0, 0.1) is 0 Å². The van der Waals surface area contributed by atoms with Gasteiger partial charge in [0.1, 0.15) is 55.9 Å². The van der Waals surface area contributed by atoms with Crippen LogP contribution in [0.25, 0.3) is 0 Å². The Morgan fingerprint density at radius 2 is 1.65 bits per heavy atom. The van der Waals surface area contributed by atoms with Crippen LogP contribution in [0.2, 0.25) is 0 Å². The molecule has 2 heterocycles. The lowest BCUT2D eigenvalue weighted by Crippen LogP contribution is -2.62. The van der Waals surface area contributed by atoms with E-state index in [0.717, 1.165) is 6.92 Å². The summed E-state index contributed by atoms with van der Waals surface area (Å²) in [6.45, 7) is -1.01. The van der Waals surface area contributed by atoms with Crippen molar-refractivity contribution in [1.29, 1.82) is 0 Å². The lowest BCUT2D eigenvalue weighted by Gasteiger charge is -2.43. The van der Waals surface area contributed by atoms with Crippen LogP contribution in [0.15, 0.2) is 0 Å². The number of ether oxygens (including phenoxy) is 4. The van der Waals surface area contributed by atoms with Gasteiger partial charge >= 0.3 is 5.97 Å². The molecule has 0 aromatic carbocycles. The SMILES string of the molecule is CC(=O)OC[C@H]1O[C@@H](O[C@]2(CO)O[C@H](CO)[C@@H](O)[C@@H]2O)[C@H](O)[C@@H](O)[C@@H]1O. The molecule has 12 nitrogen and oxygen atoms in total. The lowest BCUT2D eigenvalue weighted by atomic mass is 9.99. The molecule has 0 saturated carbocycles. The highest BCUT2D eigenvalue weighted by atomic mass is 16.8. The second-order valence-corrected chi connectivity index (χ2v) is 6.18. The summed E-state index contributed by atoms with van der Waals surface area (Å²) in [7, 11) is 0. The number of aliphatic hydroxyl groups excluding tert-OH is 7. The fourth-order valence-electron chi connectivity index (χ4n) is 2.82. The van der Waals surface area contributed by atoms with Gasteiger partial charge in [0.2, 0.25) is 5.79 Å². The van der Waals surface area contributed by atoms with E-state index in [9.17, 15) is 35.4 Å². The summed E-state index contributed by atoms with van der Waals surface area (Å²) < 4.78 is 20.4. The van der Waals surface area contributed by atoms with Crippen LogP contribution in [-0.4, -0.2) is 116 Å². The fourth-order valence-corrected chi connectivity index (χ4v) is 2.82. The summed E-state index contributed by atoms with van der Waals surface area (Å²) in [5, 5.41) is 68.6. The largest absolute Gasteiger partial charge is 0.463 e. The highest BCUT2D eigenvalue weighted by Gasteiger charge is 2.58. The number of hydrogen-bond acceptors (Lipinski definition) is 12. The van der Waals surface area contributed by atoms with Gasteiger partial charge in [-0.1, -0.05) is 0 Å². The third-order valence-electron chi connectivity index (χ3n) is 4.34. The highest BCUT2D eigenvalue weighted by molar-refractivity contribution is 5.65. The number of esters is 1. The first kappa shape index (κ1) is 21.4. The maximum absolute atomic E-state index is 10.9. The topological polar surface area (TPSA) is 196 Å². The van der Waals surface area contributed by atoms with Crippen LogP contribution >= 0.6 is 0 Å². The number of rotatable bonds is 6. The molecule has 0 aromatic rings. The quantitative estimate of drug-likeness (QED) is 0.216. The van der Waals surface area contributed by atoms with Crippen molar-refractivity contribution in [2.45, 2.75) is 61.7 Å². The number of aliphatic hydroxyl groups is 7. The third-order valence-corrected chi connectivity index (χ3v) is 4.34. The van der Waals surface area contributed by atoms with Gasteiger partial charge in [0, 0.05) is 6.92 Å². The van der Waals surface area contributed by atoms with Crippen molar-refractivity contribution >= 4 is 5.97 Å². The molecule has 0 aliphatic carbocycles. The van der Waals surface area contributed by atoms with Crippen LogP contribution in [-0.2, 0) is 23.7 Å². The molecule has 0 radical (unpaired) electrons. The Balaban J connectivity index is 2.16. The van der Waals surface area contributed by atoms with Crippen molar-refractivity contribution in [3.05, 3.63) is 0 Å². The zero-order chi connectivity index (χ0) is 19.6. The van der Waals surface area contributed by atoms with Crippen LogP contribution in [0.5, 0.6) is 0 Å². The standard InChI is InChI=1S/C14H24O12/c1-5(17)23-3-7-8(18)10(20)11(21)13(24-7)26-14(4-16)12(22)9(19)6(2-15)25-14/h6-13,15-16,18-22H,2-4H2,1H3/t6-,7-,8-,9-,10+,11-,12+,13+,14+/m1/s1. The maximum atomic E-state index is 10.9. The first-order chi connectivity index (χ1) is 12.2. The van der Waals surface area contributed by atoms with Gasteiger partial charge in [-0.15, -0.1) is 0 Å². The predicted octanol–water partition coefficient (Wildman–Crippen LogP) is -4.82. The average molecular weight is 384 g/mol. The van der Waals surface area contributed by atoms with Gasteiger partial charge in [-0.3, -0.25) is 4.79 Å². The normalized spacial score (nSPS) is 46.3. The minimum absolute atomic E-state index is 0.461. The fraction of sp³-hybridized carbons (Fsp3) is 0.929. The minimum Gasteiger partial charge on any atom is -0.463 e. The Morgan fingerprint density at radius 3 is 2.15 bits per heavy atom.